The summed E-state index contributed by atoms with van der Waals surface area (Å²) in [4.78, 5) is 35.8. The van der Waals surface area contributed by atoms with Crippen molar-refractivity contribution in [2.75, 3.05) is 11.9 Å². The molecule has 0 spiro atoms. The van der Waals surface area contributed by atoms with E-state index in [-0.39, 0.29) is 17.0 Å². The van der Waals surface area contributed by atoms with Gasteiger partial charge in [0.2, 0.25) is 5.76 Å². The number of esters is 1. The average molecular weight is 407 g/mol. The molecular formula is C19H12F3NO6. The van der Waals surface area contributed by atoms with Crippen molar-refractivity contribution in [1.29, 1.82) is 0 Å². The highest BCUT2D eigenvalue weighted by Crippen LogP contribution is 2.23. The van der Waals surface area contributed by atoms with E-state index in [9.17, 15) is 27.6 Å². The molecule has 3 rings (SSSR count). The van der Waals surface area contributed by atoms with Gasteiger partial charge in [-0.2, -0.15) is 0 Å². The lowest BCUT2D eigenvalue weighted by Crippen LogP contribution is -2.21. The number of hydrogen-bond donors (Lipinski definition) is 1. The summed E-state index contributed by atoms with van der Waals surface area (Å²) in [6.07, 6.45) is -4.82. The molecule has 29 heavy (non-hydrogen) atoms. The number of ether oxygens (including phenoxy) is 2. The van der Waals surface area contributed by atoms with Gasteiger partial charge in [-0.25, -0.2) is 4.79 Å². The molecule has 0 fully saturated rings. The maximum absolute atomic E-state index is 12.1. The van der Waals surface area contributed by atoms with Crippen molar-refractivity contribution in [2.24, 2.45) is 0 Å². The summed E-state index contributed by atoms with van der Waals surface area (Å²) in [5.74, 6) is -2.58. The summed E-state index contributed by atoms with van der Waals surface area (Å²) in [5, 5.41) is 2.63. The van der Waals surface area contributed by atoms with Crippen LogP contribution in [0.15, 0.2) is 63.8 Å². The quantitative estimate of drug-likeness (QED) is 0.651. The molecule has 150 valence electrons. The molecule has 0 atom stereocenters. The highest BCUT2D eigenvalue weighted by Gasteiger charge is 2.31. The molecule has 2 aromatic carbocycles. The summed E-state index contributed by atoms with van der Waals surface area (Å²) >= 11 is 0. The molecule has 1 amide bonds. The highest BCUT2D eigenvalue weighted by atomic mass is 19.4. The van der Waals surface area contributed by atoms with Gasteiger partial charge >= 0.3 is 12.3 Å². The van der Waals surface area contributed by atoms with Gasteiger partial charge in [-0.3, -0.25) is 9.59 Å². The van der Waals surface area contributed by atoms with E-state index in [1.54, 1.807) is 12.1 Å². The Bertz CT molecular complexity index is 1110. The Balaban J connectivity index is 1.58. The Kier molecular flexibility index (Phi) is 5.53. The second-order valence-electron chi connectivity index (χ2n) is 5.67. The first kappa shape index (κ1) is 19.9. The van der Waals surface area contributed by atoms with Crippen LogP contribution in [0.3, 0.4) is 0 Å². The molecule has 0 saturated carbocycles. The van der Waals surface area contributed by atoms with Gasteiger partial charge in [0.1, 0.15) is 11.3 Å². The maximum atomic E-state index is 12.1. The van der Waals surface area contributed by atoms with E-state index >= 15 is 0 Å². The van der Waals surface area contributed by atoms with Crippen LogP contribution in [0.2, 0.25) is 0 Å². The zero-order valence-electron chi connectivity index (χ0n) is 14.5. The van der Waals surface area contributed by atoms with Gasteiger partial charge in [-0.15, -0.1) is 13.2 Å². The van der Waals surface area contributed by atoms with E-state index in [2.05, 4.69) is 10.1 Å². The topological polar surface area (TPSA) is 94.8 Å². The van der Waals surface area contributed by atoms with Crippen LogP contribution in [0.4, 0.5) is 18.9 Å². The standard InChI is InChI=1S/C19H12F3NO6/c20-19(21,22)29-12-7-5-11(6-8-12)23-17(25)10-27-18(26)16-9-14(24)13-3-1-2-4-15(13)28-16/h1-9H,10H2,(H,23,25). The van der Waals surface area contributed by atoms with E-state index in [1.165, 1.54) is 24.3 Å². The minimum Gasteiger partial charge on any atom is -0.450 e. The summed E-state index contributed by atoms with van der Waals surface area (Å²) in [7, 11) is 0. The fraction of sp³-hybridized carbons (Fsp3) is 0.105. The van der Waals surface area contributed by atoms with Crippen molar-refractivity contribution in [3.63, 3.8) is 0 Å². The molecule has 0 bridgehead atoms. The van der Waals surface area contributed by atoms with Gasteiger partial charge < -0.3 is 19.2 Å². The molecule has 1 aromatic heterocycles. The van der Waals surface area contributed by atoms with Crippen LogP contribution in [0.1, 0.15) is 10.6 Å². The first-order chi connectivity index (χ1) is 13.7. The predicted octanol–water partition coefficient (Wildman–Crippen LogP) is 3.49. The van der Waals surface area contributed by atoms with Crippen molar-refractivity contribution in [3.05, 3.63) is 70.6 Å². The number of fused-ring (bicyclic) bond motifs is 1. The second kappa shape index (κ2) is 8.05. The van der Waals surface area contributed by atoms with Crippen molar-refractivity contribution < 1.29 is 36.7 Å². The van der Waals surface area contributed by atoms with Crippen LogP contribution < -0.4 is 15.5 Å². The van der Waals surface area contributed by atoms with E-state index in [4.69, 9.17) is 9.15 Å². The summed E-state index contributed by atoms with van der Waals surface area (Å²) < 4.78 is 50.1. The first-order valence-corrected chi connectivity index (χ1v) is 8.07. The number of amides is 1. The maximum Gasteiger partial charge on any atom is 0.573 e. The lowest BCUT2D eigenvalue weighted by atomic mass is 10.2. The number of para-hydroxylation sites is 1. The summed E-state index contributed by atoms with van der Waals surface area (Å²) in [5.41, 5.74) is -0.0835. The van der Waals surface area contributed by atoms with Crippen LogP contribution >= 0.6 is 0 Å². The average Bonchev–Trinajstić information content (AvgIpc) is 2.66. The van der Waals surface area contributed by atoms with Gasteiger partial charge in [-0.05, 0) is 36.4 Å². The molecule has 7 nitrogen and oxygen atoms in total. The Morgan fingerprint density at radius 2 is 1.72 bits per heavy atom. The van der Waals surface area contributed by atoms with Gasteiger partial charge in [0.15, 0.2) is 12.0 Å². The Hall–Kier alpha value is -3.82. The van der Waals surface area contributed by atoms with Crippen molar-refractivity contribution in [2.45, 2.75) is 6.36 Å². The monoisotopic (exact) mass is 407 g/mol. The van der Waals surface area contributed by atoms with Gasteiger partial charge in [-0.1, -0.05) is 12.1 Å². The Morgan fingerprint density at radius 3 is 2.41 bits per heavy atom. The van der Waals surface area contributed by atoms with E-state index < -0.39 is 36.0 Å². The van der Waals surface area contributed by atoms with E-state index in [1.807, 2.05) is 0 Å². The SMILES string of the molecule is O=C(COC(=O)c1cc(=O)c2ccccc2o1)Nc1ccc(OC(F)(F)F)cc1. The van der Waals surface area contributed by atoms with E-state index in [0.717, 1.165) is 18.2 Å². The number of anilines is 1. The minimum atomic E-state index is -4.82. The molecule has 0 unspecified atom stereocenters. The van der Waals surface area contributed by atoms with Gasteiger partial charge in [0, 0.05) is 11.8 Å². The lowest BCUT2D eigenvalue weighted by Gasteiger charge is -2.10. The van der Waals surface area contributed by atoms with Crippen LogP contribution in [0, 0.1) is 0 Å². The van der Waals surface area contributed by atoms with Crippen LogP contribution in [0.25, 0.3) is 11.0 Å². The van der Waals surface area contributed by atoms with Crippen LogP contribution in [-0.2, 0) is 9.53 Å². The third-order valence-corrected chi connectivity index (χ3v) is 3.54. The van der Waals surface area contributed by atoms with E-state index in [0.29, 0.717) is 5.39 Å². The number of hydrogen-bond acceptors (Lipinski definition) is 6. The molecule has 0 radical (unpaired) electrons. The summed E-state index contributed by atoms with van der Waals surface area (Å²) in [6, 6.07) is 11.7. The molecule has 1 heterocycles. The zero-order chi connectivity index (χ0) is 21.0. The van der Waals surface area contributed by atoms with Crippen molar-refractivity contribution >= 4 is 28.5 Å². The van der Waals surface area contributed by atoms with Crippen molar-refractivity contribution in [1.82, 2.24) is 0 Å². The fourth-order valence-electron chi connectivity index (χ4n) is 2.34. The van der Waals surface area contributed by atoms with Gasteiger partial charge in [0.05, 0.1) is 5.39 Å². The third-order valence-electron chi connectivity index (χ3n) is 3.54. The molecule has 0 aliphatic heterocycles. The summed E-state index contributed by atoms with van der Waals surface area (Å²) in [6.45, 7) is -0.698. The molecule has 10 heteroatoms. The number of halogens is 3. The largest absolute Gasteiger partial charge is 0.573 e. The van der Waals surface area contributed by atoms with Crippen LogP contribution in [0.5, 0.6) is 5.75 Å². The molecule has 0 saturated heterocycles. The fourth-order valence-corrected chi connectivity index (χ4v) is 2.34. The number of alkyl halides is 3. The molecule has 1 N–H and O–H groups in total. The molecule has 3 aromatic rings. The Morgan fingerprint density at radius 1 is 1.03 bits per heavy atom. The van der Waals surface area contributed by atoms with Crippen LogP contribution in [-0.4, -0.2) is 24.8 Å². The molecular weight excluding hydrogens is 395 g/mol. The number of rotatable bonds is 5. The number of carbonyl (C=O) groups is 2. The predicted molar refractivity (Wildman–Crippen MR) is 94.5 cm³/mol. The molecule has 0 aliphatic carbocycles. The minimum absolute atomic E-state index is 0.165. The number of nitrogens with one attached hydrogen (secondary N) is 1. The lowest BCUT2D eigenvalue weighted by molar-refractivity contribution is -0.274. The first-order valence-electron chi connectivity index (χ1n) is 8.07. The molecule has 0 aliphatic rings. The Labute approximate surface area is 160 Å². The van der Waals surface area contributed by atoms with Crippen molar-refractivity contribution in [3.8, 4) is 5.75 Å². The smallest absolute Gasteiger partial charge is 0.450 e. The van der Waals surface area contributed by atoms with Gasteiger partial charge in [0.25, 0.3) is 5.91 Å². The third kappa shape index (κ3) is 5.34. The normalized spacial score (nSPS) is 11.1. The number of carbonyl (C=O) groups excluding carboxylic acids is 2. The second-order valence-corrected chi connectivity index (χ2v) is 5.67. The number of benzene rings is 2. The highest BCUT2D eigenvalue weighted by molar-refractivity contribution is 5.95. The zero-order valence-corrected chi connectivity index (χ0v) is 14.5.